The number of hydrogen-bond acceptors (Lipinski definition) is 5. The van der Waals surface area contributed by atoms with Crippen LogP contribution in [0.3, 0.4) is 0 Å². The minimum absolute atomic E-state index is 0.0747. The van der Waals surface area contributed by atoms with Crippen molar-refractivity contribution < 1.29 is 13.9 Å². The number of methoxy groups -OCH3 is 1. The quantitative estimate of drug-likeness (QED) is 0.801. The van der Waals surface area contributed by atoms with Crippen LogP contribution in [0.25, 0.3) is 22.6 Å². The average Bonchev–Trinajstić information content (AvgIpc) is 2.97. The molecule has 23 heavy (non-hydrogen) atoms. The average molecular weight is 311 g/mol. The van der Waals surface area contributed by atoms with E-state index in [0.717, 1.165) is 0 Å². The standard InChI is InChI=1S/C17H17N3O3/c1-10(2)19-15(21)11-6-7-14-13(9-11)20-17(23-14)12-5-4-8-18-16(12)22-3/h4-10H,1-3H3,(H,19,21). The fourth-order valence-corrected chi connectivity index (χ4v) is 2.25. The number of amides is 1. The summed E-state index contributed by atoms with van der Waals surface area (Å²) in [6, 6.07) is 8.85. The molecule has 0 spiro atoms. The number of nitrogens with one attached hydrogen (secondary N) is 1. The molecule has 2 aromatic heterocycles. The summed E-state index contributed by atoms with van der Waals surface area (Å²) in [6.45, 7) is 3.83. The Labute approximate surface area is 133 Å². The number of rotatable bonds is 4. The van der Waals surface area contributed by atoms with Gasteiger partial charge in [-0.15, -0.1) is 0 Å². The first-order chi connectivity index (χ1) is 11.1. The van der Waals surface area contributed by atoms with E-state index in [2.05, 4.69) is 15.3 Å². The lowest BCUT2D eigenvalue weighted by Gasteiger charge is -2.07. The highest BCUT2D eigenvalue weighted by molar-refractivity contribution is 5.97. The first-order valence-corrected chi connectivity index (χ1v) is 7.29. The molecule has 0 fully saturated rings. The van der Waals surface area contributed by atoms with Crippen molar-refractivity contribution >= 4 is 17.0 Å². The van der Waals surface area contributed by atoms with E-state index in [9.17, 15) is 4.79 Å². The maximum absolute atomic E-state index is 12.1. The van der Waals surface area contributed by atoms with Crippen molar-refractivity contribution in [3.05, 3.63) is 42.1 Å². The van der Waals surface area contributed by atoms with Crippen molar-refractivity contribution in [2.24, 2.45) is 0 Å². The molecular formula is C17H17N3O3. The molecule has 0 aliphatic carbocycles. The van der Waals surface area contributed by atoms with Crippen LogP contribution < -0.4 is 10.1 Å². The van der Waals surface area contributed by atoms with E-state index in [4.69, 9.17) is 9.15 Å². The van der Waals surface area contributed by atoms with Crippen molar-refractivity contribution in [3.63, 3.8) is 0 Å². The number of benzene rings is 1. The predicted molar refractivity (Wildman–Crippen MR) is 86.4 cm³/mol. The second-order valence-electron chi connectivity index (χ2n) is 5.39. The Hall–Kier alpha value is -2.89. The van der Waals surface area contributed by atoms with Gasteiger partial charge in [-0.25, -0.2) is 9.97 Å². The molecule has 3 rings (SSSR count). The number of pyridine rings is 1. The molecule has 1 amide bonds. The molecule has 0 atom stereocenters. The SMILES string of the molecule is COc1ncccc1-c1nc2cc(C(=O)NC(C)C)ccc2o1. The molecule has 0 unspecified atom stereocenters. The second-order valence-corrected chi connectivity index (χ2v) is 5.39. The molecule has 2 heterocycles. The van der Waals surface area contributed by atoms with Gasteiger partial charge < -0.3 is 14.5 Å². The second kappa shape index (κ2) is 6.08. The Balaban J connectivity index is 2.01. The minimum Gasteiger partial charge on any atom is -0.480 e. The largest absolute Gasteiger partial charge is 0.480 e. The third-order valence-electron chi connectivity index (χ3n) is 3.26. The molecule has 6 heteroatoms. The monoisotopic (exact) mass is 311 g/mol. The van der Waals surface area contributed by atoms with Crippen molar-refractivity contribution in [1.82, 2.24) is 15.3 Å². The molecule has 1 N–H and O–H groups in total. The van der Waals surface area contributed by atoms with E-state index in [-0.39, 0.29) is 11.9 Å². The molecule has 0 saturated heterocycles. The van der Waals surface area contributed by atoms with Crippen molar-refractivity contribution in [2.75, 3.05) is 7.11 Å². The van der Waals surface area contributed by atoms with Crippen molar-refractivity contribution in [2.45, 2.75) is 19.9 Å². The molecule has 0 aliphatic rings. The van der Waals surface area contributed by atoms with Crippen LogP contribution in [0.4, 0.5) is 0 Å². The van der Waals surface area contributed by atoms with Gasteiger partial charge in [0.15, 0.2) is 5.58 Å². The number of carbonyl (C=O) groups is 1. The van der Waals surface area contributed by atoms with Crippen LogP contribution in [0, 0.1) is 0 Å². The number of hydrogen-bond donors (Lipinski definition) is 1. The van der Waals surface area contributed by atoms with Gasteiger partial charge in [-0.05, 0) is 44.2 Å². The van der Waals surface area contributed by atoms with E-state index in [1.165, 1.54) is 0 Å². The van der Waals surface area contributed by atoms with Gasteiger partial charge in [-0.1, -0.05) is 0 Å². The number of nitrogens with zero attached hydrogens (tertiary/aromatic N) is 2. The van der Waals surface area contributed by atoms with Gasteiger partial charge in [0.05, 0.1) is 12.7 Å². The third-order valence-corrected chi connectivity index (χ3v) is 3.26. The summed E-state index contributed by atoms with van der Waals surface area (Å²) in [5, 5.41) is 2.85. The lowest BCUT2D eigenvalue weighted by atomic mass is 10.2. The van der Waals surface area contributed by atoms with E-state index in [1.807, 2.05) is 19.9 Å². The van der Waals surface area contributed by atoms with Gasteiger partial charge in [0.2, 0.25) is 11.8 Å². The number of ether oxygens (including phenoxy) is 1. The summed E-state index contributed by atoms with van der Waals surface area (Å²) in [7, 11) is 1.54. The summed E-state index contributed by atoms with van der Waals surface area (Å²) < 4.78 is 11.0. The van der Waals surface area contributed by atoms with Crippen LogP contribution in [0.5, 0.6) is 5.88 Å². The van der Waals surface area contributed by atoms with Crippen molar-refractivity contribution in [3.8, 4) is 17.3 Å². The zero-order valence-corrected chi connectivity index (χ0v) is 13.2. The highest BCUT2D eigenvalue weighted by Crippen LogP contribution is 2.30. The van der Waals surface area contributed by atoms with Crippen LogP contribution in [0.15, 0.2) is 40.9 Å². The topological polar surface area (TPSA) is 77.2 Å². The fraction of sp³-hybridized carbons (Fsp3) is 0.235. The Morgan fingerprint density at radius 2 is 2.13 bits per heavy atom. The summed E-state index contributed by atoms with van der Waals surface area (Å²) in [5.74, 6) is 0.716. The van der Waals surface area contributed by atoms with E-state index < -0.39 is 0 Å². The van der Waals surface area contributed by atoms with Gasteiger partial charge in [-0.2, -0.15) is 0 Å². The zero-order valence-electron chi connectivity index (χ0n) is 13.2. The maximum atomic E-state index is 12.1. The zero-order chi connectivity index (χ0) is 16.4. The lowest BCUT2D eigenvalue weighted by molar-refractivity contribution is 0.0943. The number of aromatic nitrogens is 2. The highest BCUT2D eigenvalue weighted by Gasteiger charge is 2.15. The predicted octanol–water partition coefficient (Wildman–Crippen LogP) is 3.04. The molecule has 1 aromatic carbocycles. The molecule has 3 aromatic rings. The first kappa shape index (κ1) is 15.0. The molecule has 118 valence electrons. The van der Waals surface area contributed by atoms with Gasteiger partial charge in [-0.3, -0.25) is 4.79 Å². The van der Waals surface area contributed by atoms with Crippen LogP contribution in [0.2, 0.25) is 0 Å². The Bertz CT molecular complexity index is 855. The first-order valence-electron chi connectivity index (χ1n) is 7.29. The van der Waals surface area contributed by atoms with Crippen molar-refractivity contribution in [1.29, 1.82) is 0 Å². The van der Waals surface area contributed by atoms with Gasteiger partial charge in [0, 0.05) is 17.8 Å². The molecule has 0 aliphatic heterocycles. The summed E-state index contributed by atoms with van der Waals surface area (Å²) in [4.78, 5) is 20.7. The maximum Gasteiger partial charge on any atom is 0.251 e. The number of fused-ring (bicyclic) bond motifs is 1. The summed E-state index contributed by atoms with van der Waals surface area (Å²) >= 11 is 0. The highest BCUT2D eigenvalue weighted by atomic mass is 16.5. The number of carbonyl (C=O) groups excluding carboxylic acids is 1. The molecule has 0 radical (unpaired) electrons. The van der Waals surface area contributed by atoms with Crippen LogP contribution in [-0.4, -0.2) is 29.0 Å². The fourth-order valence-electron chi connectivity index (χ4n) is 2.25. The summed E-state index contributed by atoms with van der Waals surface area (Å²) in [6.07, 6.45) is 1.64. The van der Waals surface area contributed by atoms with E-state index in [0.29, 0.717) is 34.0 Å². The minimum atomic E-state index is -0.134. The van der Waals surface area contributed by atoms with Crippen LogP contribution in [-0.2, 0) is 0 Å². The molecular weight excluding hydrogens is 294 g/mol. The van der Waals surface area contributed by atoms with E-state index in [1.54, 1.807) is 37.6 Å². The summed E-state index contributed by atoms with van der Waals surface area (Å²) in [5.41, 5.74) is 2.43. The normalized spacial score (nSPS) is 11.0. The number of oxazole rings is 1. The lowest BCUT2D eigenvalue weighted by Crippen LogP contribution is -2.29. The molecule has 0 bridgehead atoms. The smallest absolute Gasteiger partial charge is 0.251 e. The Morgan fingerprint density at radius 3 is 2.87 bits per heavy atom. The Kier molecular flexibility index (Phi) is 3.97. The van der Waals surface area contributed by atoms with Crippen LogP contribution >= 0.6 is 0 Å². The third kappa shape index (κ3) is 3.01. The molecule has 6 nitrogen and oxygen atoms in total. The van der Waals surface area contributed by atoms with Gasteiger partial charge in [0.25, 0.3) is 5.91 Å². The Morgan fingerprint density at radius 1 is 1.30 bits per heavy atom. The van der Waals surface area contributed by atoms with Crippen LogP contribution in [0.1, 0.15) is 24.2 Å². The van der Waals surface area contributed by atoms with E-state index >= 15 is 0 Å². The molecule has 0 saturated carbocycles. The van der Waals surface area contributed by atoms with Gasteiger partial charge in [0.1, 0.15) is 5.52 Å². The van der Waals surface area contributed by atoms with Gasteiger partial charge >= 0.3 is 0 Å².